The van der Waals surface area contributed by atoms with E-state index >= 15 is 0 Å². The highest BCUT2D eigenvalue weighted by Crippen LogP contribution is 2.35. The molecule has 0 aliphatic carbocycles. The fourth-order valence-corrected chi connectivity index (χ4v) is 5.30. The van der Waals surface area contributed by atoms with Crippen LogP contribution in [0.1, 0.15) is 20.8 Å². The molecule has 0 spiro atoms. The maximum Gasteiger partial charge on any atom is 0.303 e. The number of rotatable bonds is 7. The molecule has 1 aliphatic rings. The van der Waals surface area contributed by atoms with Crippen LogP contribution in [-0.4, -0.2) is 73.1 Å². The normalized spacial score (nSPS) is 20.6. The molecular weight excluding hydrogens is 538 g/mol. The van der Waals surface area contributed by atoms with Crippen molar-refractivity contribution in [2.45, 2.75) is 49.7 Å². The Morgan fingerprint density at radius 1 is 0.800 bits per heavy atom. The maximum absolute atomic E-state index is 12.0. The fourth-order valence-electron chi connectivity index (χ4n) is 4.29. The highest BCUT2D eigenvalue weighted by atomic mass is 32.2. The van der Waals surface area contributed by atoms with Gasteiger partial charge in [-0.2, -0.15) is 9.61 Å². The predicted octanol–water partition coefficient (Wildman–Crippen LogP) is 3.10. The smallest absolute Gasteiger partial charge is 0.303 e. The summed E-state index contributed by atoms with van der Waals surface area (Å²) in [7, 11) is 0. The van der Waals surface area contributed by atoms with E-state index in [0.29, 0.717) is 16.5 Å². The Balaban J connectivity index is 1.54. The Bertz CT molecular complexity index is 1530. The van der Waals surface area contributed by atoms with Crippen molar-refractivity contribution in [2.24, 2.45) is 0 Å². The first-order valence-electron chi connectivity index (χ1n) is 12.3. The van der Waals surface area contributed by atoms with Crippen LogP contribution in [0.4, 0.5) is 0 Å². The van der Waals surface area contributed by atoms with E-state index in [1.165, 1.54) is 25.3 Å². The van der Waals surface area contributed by atoms with E-state index < -0.39 is 41.7 Å². The van der Waals surface area contributed by atoms with Crippen molar-refractivity contribution in [2.75, 3.05) is 6.61 Å². The van der Waals surface area contributed by atoms with Gasteiger partial charge in [-0.25, -0.2) is 4.98 Å². The molecule has 3 heterocycles. The number of thioether (sulfide) groups is 1. The molecule has 1 saturated heterocycles. The molecule has 0 saturated carbocycles. The van der Waals surface area contributed by atoms with E-state index in [1.807, 2.05) is 60.7 Å². The third kappa shape index (κ3) is 5.95. The van der Waals surface area contributed by atoms with E-state index in [4.69, 9.17) is 29.0 Å². The SMILES string of the molecule is CC(=O)O[C@@H]1[C@@H](OC(C)=O)[C@H](Sc2nnc3nc(-c4ccccc4)c(-c4ccccc4)nn23)OC[C@H]1OC(C)=O. The first-order valence-corrected chi connectivity index (χ1v) is 13.2. The summed E-state index contributed by atoms with van der Waals surface area (Å²) < 4.78 is 23.7. The Labute approximate surface area is 233 Å². The number of aromatic nitrogens is 5. The van der Waals surface area contributed by atoms with Gasteiger partial charge in [0.25, 0.3) is 5.78 Å². The molecule has 40 heavy (non-hydrogen) atoms. The Morgan fingerprint density at radius 2 is 1.38 bits per heavy atom. The van der Waals surface area contributed by atoms with Crippen LogP contribution in [0.5, 0.6) is 0 Å². The van der Waals surface area contributed by atoms with Gasteiger partial charge in [0, 0.05) is 31.9 Å². The number of carbonyl (C=O) groups excluding carboxylic acids is 3. The van der Waals surface area contributed by atoms with Crippen molar-refractivity contribution in [3.05, 3.63) is 60.7 Å². The molecule has 0 amide bonds. The minimum Gasteiger partial charge on any atom is -0.456 e. The number of ether oxygens (including phenoxy) is 4. The van der Waals surface area contributed by atoms with Gasteiger partial charge in [0.1, 0.15) is 11.4 Å². The van der Waals surface area contributed by atoms with Gasteiger partial charge in [0.15, 0.2) is 23.7 Å². The summed E-state index contributed by atoms with van der Waals surface area (Å²) in [4.78, 5) is 40.3. The third-order valence-electron chi connectivity index (χ3n) is 5.85. The molecule has 0 N–H and O–H groups in total. The van der Waals surface area contributed by atoms with Gasteiger partial charge >= 0.3 is 17.9 Å². The predicted molar refractivity (Wildman–Crippen MR) is 142 cm³/mol. The number of esters is 3. The molecule has 1 aliphatic heterocycles. The quantitative estimate of drug-likeness (QED) is 0.241. The summed E-state index contributed by atoms with van der Waals surface area (Å²) in [5.41, 5.74) is 2.04. The molecule has 4 aromatic rings. The van der Waals surface area contributed by atoms with Gasteiger partial charge in [-0.05, 0) is 11.8 Å². The number of fused-ring (bicyclic) bond motifs is 1. The van der Waals surface area contributed by atoms with Crippen molar-refractivity contribution >= 4 is 35.4 Å². The zero-order valence-electron chi connectivity index (χ0n) is 21.8. The second-order valence-electron chi connectivity index (χ2n) is 8.85. The average molecular weight is 564 g/mol. The molecule has 4 atom stereocenters. The lowest BCUT2D eigenvalue weighted by Gasteiger charge is -2.39. The fraction of sp³-hybridized carbons (Fsp3) is 0.296. The number of benzene rings is 2. The van der Waals surface area contributed by atoms with E-state index in [1.54, 1.807) is 0 Å². The van der Waals surface area contributed by atoms with Crippen LogP contribution in [0.15, 0.2) is 65.8 Å². The number of carbonyl (C=O) groups is 3. The largest absolute Gasteiger partial charge is 0.456 e. The Hall–Kier alpha value is -4.36. The minimum absolute atomic E-state index is 0.108. The van der Waals surface area contributed by atoms with Crippen molar-refractivity contribution in [1.82, 2.24) is 24.8 Å². The standard InChI is InChI=1S/C27H25N5O7S/c1-15(33)37-20-14-36-25(24(39-17(3)35)23(20)38-16(2)34)40-27-30-29-26-28-21(18-10-6-4-7-11-18)22(31-32(26)27)19-12-8-5-9-13-19/h4-13,20,23-25H,14H2,1-3H3/t20-,23+,24-,25+/m1/s1. The van der Waals surface area contributed by atoms with E-state index in [0.717, 1.165) is 22.9 Å². The summed E-state index contributed by atoms with van der Waals surface area (Å²) in [5.74, 6) is -1.62. The summed E-state index contributed by atoms with van der Waals surface area (Å²) in [6, 6.07) is 19.2. The molecule has 1 fully saturated rings. The van der Waals surface area contributed by atoms with Gasteiger partial charge in [-0.1, -0.05) is 60.7 Å². The highest BCUT2D eigenvalue weighted by molar-refractivity contribution is 7.99. The lowest BCUT2D eigenvalue weighted by molar-refractivity contribution is -0.213. The van der Waals surface area contributed by atoms with Crippen LogP contribution < -0.4 is 0 Å². The maximum atomic E-state index is 12.0. The summed E-state index contributed by atoms with van der Waals surface area (Å²) >= 11 is 1.06. The molecule has 13 heteroatoms. The molecular formula is C27H25N5O7S. The van der Waals surface area contributed by atoms with Gasteiger partial charge < -0.3 is 18.9 Å². The third-order valence-corrected chi connectivity index (χ3v) is 6.95. The van der Waals surface area contributed by atoms with Crippen LogP contribution in [-0.2, 0) is 33.3 Å². The molecule has 2 aromatic heterocycles. The van der Waals surface area contributed by atoms with E-state index in [2.05, 4.69) is 10.2 Å². The molecule has 2 aromatic carbocycles. The molecule has 12 nitrogen and oxygen atoms in total. The summed E-state index contributed by atoms with van der Waals surface area (Å²) in [6.07, 6.45) is -3.20. The Morgan fingerprint density at radius 3 is 1.98 bits per heavy atom. The molecule has 0 bridgehead atoms. The summed E-state index contributed by atoms with van der Waals surface area (Å²) in [5, 5.41) is 13.6. The van der Waals surface area contributed by atoms with Crippen LogP contribution in [0.25, 0.3) is 28.3 Å². The molecule has 5 rings (SSSR count). The zero-order chi connectivity index (χ0) is 28.2. The second kappa shape index (κ2) is 11.8. The van der Waals surface area contributed by atoms with Crippen LogP contribution >= 0.6 is 11.8 Å². The topological polar surface area (TPSA) is 144 Å². The zero-order valence-corrected chi connectivity index (χ0v) is 22.6. The van der Waals surface area contributed by atoms with Crippen molar-refractivity contribution in [1.29, 1.82) is 0 Å². The molecule has 0 unspecified atom stereocenters. The van der Waals surface area contributed by atoms with Gasteiger partial charge in [-0.3, -0.25) is 14.4 Å². The number of hydrogen-bond acceptors (Lipinski definition) is 12. The van der Waals surface area contributed by atoms with Crippen molar-refractivity contribution in [3.8, 4) is 22.5 Å². The highest BCUT2D eigenvalue weighted by Gasteiger charge is 2.47. The van der Waals surface area contributed by atoms with Crippen LogP contribution in [0.2, 0.25) is 0 Å². The second-order valence-corrected chi connectivity index (χ2v) is 9.92. The average Bonchev–Trinajstić information content (AvgIpc) is 3.33. The van der Waals surface area contributed by atoms with Gasteiger partial charge in [0.2, 0.25) is 5.16 Å². The molecule has 206 valence electrons. The van der Waals surface area contributed by atoms with Crippen molar-refractivity contribution in [3.63, 3.8) is 0 Å². The minimum atomic E-state index is -1.12. The number of nitrogens with zero attached hydrogens (tertiary/aromatic N) is 5. The number of hydrogen-bond donors (Lipinski definition) is 0. The van der Waals surface area contributed by atoms with Crippen molar-refractivity contribution < 1.29 is 33.3 Å². The summed E-state index contributed by atoms with van der Waals surface area (Å²) in [6.45, 7) is 3.55. The van der Waals surface area contributed by atoms with Crippen LogP contribution in [0.3, 0.4) is 0 Å². The van der Waals surface area contributed by atoms with E-state index in [-0.39, 0.29) is 12.4 Å². The first kappa shape index (κ1) is 27.2. The molecule has 0 radical (unpaired) electrons. The van der Waals surface area contributed by atoms with E-state index in [9.17, 15) is 14.4 Å². The van der Waals surface area contributed by atoms with Gasteiger partial charge in [0.05, 0.1) is 6.61 Å². The van der Waals surface area contributed by atoms with Crippen LogP contribution in [0, 0.1) is 0 Å². The lowest BCUT2D eigenvalue weighted by Crippen LogP contribution is -2.56. The monoisotopic (exact) mass is 563 g/mol. The first-order chi connectivity index (χ1) is 19.3. The van der Waals surface area contributed by atoms with Gasteiger partial charge in [-0.15, -0.1) is 10.2 Å². The lowest BCUT2D eigenvalue weighted by atomic mass is 10.0. The Kier molecular flexibility index (Phi) is 8.03.